The zero-order valence-corrected chi connectivity index (χ0v) is 22.5. The molecule has 0 spiro atoms. The molecule has 6 aromatic carbocycles. The highest BCUT2D eigenvalue weighted by Gasteiger charge is 2.20. The Bertz CT molecular complexity index is 1850. The normalized spacial score (nSPS) is 11.0. The van der Waals surface area contributed by atoms with Crippen molar-refractivity contribution < 1.29 is 13.9 Å². The molecule has 0 aliphatic rings. The van der Waals surface area contributed by atoms with Gasteiger partial charge >= 0.3 is 0 Å². The lowest BCUT2D eigenvalue weighted by atomic mass is 9.94. The molecule has 0 saturated carbocycles. The number of hydrogen-bond acceptors (Lipinski definition) is 4. The van der Waals surface area contributed by atoms with Crippen LogP contribution < -0.4 is 19.8 Å². The van der Waals surface area contributed by atoms with E-state index in [0.29, 0.717) is 0 Å². The van der Waals surface area contributed by atoms with Gasteiger partial charge in [0.25, 0.3) is 0 Å². The highest BCUT2D eigenvalue weighted by molar-refractivity contribution is 6.39. The van der Waals surface area contributed by atoms with Gasteiger partial charge in [0, 0.05) is 22.1 Å². The van der Waals surface area contributed by atoms with E-state index in [1.165, 1.54) is 0 Å². The predicted molar refractivity (Wildman–Crippen MR) is 170 cm³/mol. The number of anilines is 3. The van der Waals surface area contributed by atoms with Crippen LogP contribution in [0.4, 0.5) is 17.1 Å². The average molecular weight is 531 g/mol. The van der Waals surface area contributed by atoms with E-state index >= 15 is 0 Å². The molecule has 5 heteroatoms. The van der Waals surface area contributed by atoms with Gasteiger partial charge < -0.3 is 18.8 Å². The molecule has 0 bridgehead atoms. The van der Waals surface area contributed by atoms with E-state index in [0.717, 1.165) is 67.5 Å². The smallest absolute Gasteiger partial charge is 0.159 e. The Labute approximate surface area is 239 Å². The number of furan rings is 1. The SMILES string of the molecule is Bc1cccc2c1oc1c(N(c3ccc(Oc4ccccc4)cc3)c3ccc(Oc4ccccc4)cc3)cccc12. The molecule has 0 N–H and O–H groups in total. The van der Waals surface area contributed by atoms with Gasteiger partial charge in [0.05, 0.1) is 5.69 Å². The zero-order valence-electron chi connectivity index (χ0n) is 22.5. The molecule has 0 unspecified atom stereocenters. The summed E-state index contributed by atoms with van der Waals surface area (Å²) >= 11 is 0. The molecule has 7 rings (SSSR count). The van der Waals surface area contributed by atoms with Gasteiger partial charge in [-0.1, -0.05) is 66.7 Å². The zero-order chi connectivity index (χ0) is 27.6. The Hall–Kier alpha value is -5.42. The fourth-order valence-corrected chi connectivity index (χ4v) is 5.13. The van der Waals surface area contributed by atoms with Gasteiger partial charge in [-0.25, -0.2) is 0 Å². The third-order valence-corrected chi connectivity index (χ3v) is 7.09. The highest BCUT2D eigenvalue weighted by Crippen LogP contribution is 2.42. The summed E-state index contributed by atoms with van der Waals surface area (Å²) in [5.41, 5.74) is 5.77. The third kappa shape index (κ3) is 4.90. The van der Waals surface area contributed by atoms with Crippen molar-refractivity contribution in [2.75, 3.05) is 4.90 Å². The van der Waals surface area contributed by atoms with E-state index in [9.17, 15) is 0 Å². The molecular formula is C36H26BNO3. The number of fused-ring (bicyclic) bond motifs is 3. The first-order valence-corrected chi connectivity index (χ1v) is 13.6. The maximum Gasteiger partial charge on any atom is 0.159 e. The van der Waals surface area contributed by atoms with Crippen molar-refractivity contribution >= 4 is 52.3 Å². The number of ether oxygens (including phenoxy) is 2. The Kier molecular flexibility index (Phi) is 6.38. The number of benzene rings is 6. The summed E-state index contributed by atoms with van der Waals surface area (Å²) in [7, 11) is 2.08. The van der Waals surface area contributed by atoms with E-state index < -0.39 is 0 Å². The van der Waals surface area contributed by atoms with Crippen LogP contribution in [0.15, 0.2) is 150 Å². The van der Waals surface area contributed by atoms with Crippen molar-refractivity contribution in [3.05, 3.63) is 146 Å². The van der Waals surface area contributed by atoms with Crippen LogP contribution in [0.3, 0.4) is 0 Å². The van der Waals surface area contributed by atoms with Crippen molar-refractivity contribution in [1.29, 1.82) is 0 Å². The first-order valence-electron chi connectivity index (χ1n) is 13.6. The van der Waals surface area contributed by atoms with Crippen LogP contribution in [0.25, 0.3) is 21.9 Å². The van der Waals surface area contributed by atoms with Crippen molar-refractivity contribution in [2.45, 2.75) is 0 Å². The van der Waals surface area contributed by atoms with Gasteiger partial charge in [-0.2, -0.15) is 0 Å². The molecule has 4 nitrogen and oxygen atoms in total. The highest BCUT2D eigenvalue weighted by atomic mass is 16.5. The number of para-hydroxylation sites is 4. The first-order chi connectivity index (χ1) is 20.2. The molecular weight excluding hydrogens is 505 g/mol. The second kappa shape index (κ2) is 10.6. The largest absolute Gasteiger partial charge is 0.457 e. The van der Waals surface area contributed by atoms with Crippen LogP contribution in [0.5, 0.6) is 23.0 Å². The van der Waals surface area contributed by atoms with Gasteiger partial charge in [-0.15, -0.1) is 0 Å². The van der Waals surface area contributed by atoms with E-state index in [2.05, 4.69) is 73.4 Å². The fourth-order valence-electron chi connectivity index (χ4n) is 5.13. The van der Waals surface area contributed by atoms with E-state index in [1.807, 2.05) is 84.9 Å². The number of hydrogen-bond donors (Lipinski definition) is 0. The minimum Gasteiger partial charge on any atom is -0.457 e. The van der Waals surface area contributed by atoms with E-state index in [1.54, 1.807) is 0 Å². The van der Waals surface area contributed by atoms with Crippen molar-refractivity contribution in [1.82, 2.24) is 0 Å². The summed E-state index contributed by atoms with van der Waals surface area (Å²) in [4.78, 5) is 2.21. The quantitative estimate of drug-likeness (QED) is 0.193. The Balaban J connectivity index is 1.32. The van der Waals surface area contributed by atoms with E-state index in [4.69, 9.17) is 13.9 Å². The standard InChI is InChI=1S/C36H26BNO3/c37-33-15-7-13-31-32-14-8-16-34(36(32)41-35(31)33)38(25-17-21-29(22-18-25)39-27-9-3-1-4-10-27)26-19-23-30(24-20-26)40-28-11-5-2-6-12-28/h1-24H,37H2. The van der Waals surface area contributed by atoms with Gasteiger partial charge in [-0.05, 0) is 84.3 Å². The molecule has 41 heavy (non-hydrogen) atoms. The first kappa shape index (κ1) is 24.6. The molecule has 1 heterocycles. The second-order valence-electron chi connectivity index (χ2n) is 9.86. The van der Waals surface area contributed by atoms with E-state index in [-0.39, 0.29) is 0 Å². The summed E-state index contributed by atoms with van der Waals surface area (Å²) in [6.07, 6.45) is 0. The molecule has 7 aromatic rings. The molecule has 0 aliphatic heterocycles. The molecule has 1 aromatic heterocycles. The fraction of sp³-hybridized carbons (Fsp3) is 0. The summed E-state index contributed by atoms with van der Waals surface area (Å²) in [5, 5.41) is 2.19. The minimum absolute atomic E-state index is 0.768. The van der Waals surface area contributed by atoms with Crippen LogP contribution in [0.1, 0.15) is 0 Å². The molecule has 0 atom stereocenters. The van der Waals surface area contributed by atoms with Crippen LogP contribution in [-0.2, 0) is 0 Å². The Morgan fingerprint density at radius 1 is 0.439 bits per heavy atom. The maximum absolute atomic E-state index is 6.55. The van der Waals surface area contributed by atoms with Gasteiger partial charge in [-0.3, -0.25) is 0 Å². The van der Waals surface area contributed by atoms with Crippen LogP contribution in [0, 0.1) is 0 Å². The van der Waals surface area contributed by atoms with Crippen LogP contribution >= 0.6 is 0 Å². The summed E-state index contributed by atoms with van der Waals surface area (Å²) in [6, 6.07) is 48.4. The van der Waals surface area contributed by atoms with Crippen molar-refractivity contribution in [2.24, 2.45) is 0 Å². The van der Waals surface area contributed by atoms with Gasteiger partial charge in [0.2, 0.25) is 0 Å². The molecule has 0 fully saturated rings. The Morgan fingerprint density at radius 2 is 0.902 bits per heavy atom. The van der Waals surface area contributed by atoms with Crippen LogP contribution in [-0.4, -0.2) is 7.85 Å². The monoisotopic (exact) mass is 531 g/mol. The molecule has 0 saturated heterocycles. The predicted octanol–water partition coefficient (Wildman–Crippen LogP) is 8.90. The topological polar surface area (TPSA) is 34.8 Å². The maximum atomic E-state index is 6.55. The molecule has 0 amide bonds. The number of rotatable bonds is 7. The minimum atomic E-state index is 0.768. The lowest BCUT2D eigenvalue weighted by Gasteiger charge is -2.26. The molecule has 0 aliphatic carbocycles. The lowest BCUT2D eigenvalue weighted by molar-refractivity contribution is 0.482. The lowest BCUT2D eigenvalue weighted by Crippen LogP contribution is -2.10. The average Bonchev–Trinajstić information content (AvgIpc) is 3.41. The third-order valence-electron chi connectivity index (χ3n) is 7.09. The van der Waals surface area contributed by atoms with Gasteiger partial charge in [0.1, 0.15) is 36.4 Å². The summed E-state index contributed by atoms with van der Waals surface area (Å²) in [5.74, 6) is 3.13. The van der Waals surface area contributed by atoms with Crippen LogP contribution in [0.2, 0.25) is 0 Å². The molecule has 196 valence electrons. The second-order valence-corrected chi connectivity index (χ2v) is 9.86. The summed E-state index contributed by atoms with van der Waals surface area (Å²) < 4.78 is 18.7. The van der Waals surface area contributed by atoms with Gasteiger partial charge in [0.15, 0.2) is 5.58 Å². The summed E-state index contributed by atoms with van der Waals surface area (Å²) in [6.45, 7) is 0. The Morgan fingerprint density at radius 3 is 1.44 bits per heavy atom. The van der Waals surface area contributed by atoms with Crippen molar-refractivity contribution in [3.8, 4) is 23.0 Å². The molecule has 0 radical (unpaired) electrons. The number of nitrogens with zero attached hydrogens (tertiary/aromatic N) is 1. The van der Waals surface area contributed by atoms with Crippen molar-refractivity contribution in [3.63, 3.8) is 0 Å².